The quantitative estimate of drug-likeness (QED) is 0.799. The SMILES string of the molecule is Cc1ccc(-n2nc(C)c(C(=O)Nc3ccccc3C)n2)c(C)c1. The van der Waals surface area contributed by atoms with E-state index in [1.54, 1.807) is 6.92 Å². The number of anilines is 1. The van der Waals surface area contributed by atoms with Crippen LogP contribution in [0.25, 0.3) is 5.69 Å². The van der Waals surface area contributed by atoms with Gasteiger partial charge in [0.25, 0.3) is 5.91 Å². The Bertz CT molecular complexity index is 911. The Morgan fingerprint density at radius 1 is 0.958 bits per heavy atom. The highest BCUT2D eigenvalue weighted by atomic mass is 16.2. The van der Waals surface area contributed by atoms with E-state index >= 15 is 0 Å². The fourth-order valence-corrected chi connectivity index (χ4v) is 2.62. The lowest BCUT2D eigenvalue weighted by Crippen LogP contribution is -2.15. The van der Waals surface area contributed by atoms with Gasteiger partial charge in [0.15, 0.2) is 5.69 Å². The molecule has 0 radical (unpaired) electrons. The predicted octanol–water partition coefficient (Wildman–Crippen LogP) is 3.75. The zero-order chi connectivity index (χ0) is 17.3. The van der Waals surface area contributed by atoms with Gasteiger partial charge in [-0.3, -0.25) is 4.79 Å². The van der Waals surface area contributed by atoms with Crippen molar-refractivity contribution in [1.82, 2.24) is 15.0 Å². The Hall–Kier alpha value is -2.95. The summed E-state index contributed by atoms with van der Waals surface area (Å²) in [7, 11) is 0. The molecule has 0 unspecified atom stereocenters. The lowest BCUT2D eigenvalue weighted by atomic mass is 10.1. The molecule has 0 bridgehead atoms. The molecule has 1 amide bonds. The van der Waals surface area contributed by atoms with Crippen LogP contribution in [0, 0.1) is 27.7 Å². The fraction of sp³-hybridized carbons (Fsp3) is 0.211. The normalized spacial score (nSPS) is 10.7. The van der Waals surface area contributed by atoms with E-state index in [1.807, 2.05) is 57.2 Å². The highest BCUT2D eigenvalue weighted by molar-refractivity contribution is 6.03. The second-order valence-electron chi connectivity index (χ2n) is 5.98. The number of nitrogens with zero attached hydrogens (tertiary/aromatic N) is 3. The molecule has 5 heteroatoms. The minimum atomic E-state index is -0.252. The molecule has 3 rings (SSSR count). The van der Waals surface area contributed by atoms with Gasteiger partial charge in [-0.25, -0.2) is 0 Å². The number of carbonyl (C=O) groups excluding carboxylic acids is 1. The van der Waals surface area contributed by atoms with Crippen LogP contribution in [0.4, 0.5) is 5.69 Å². The zero-order valence-electron chi connectivity index (χ0n) is 14.3. The highest BCUT2D eigenvalue weighted by Gasteiger charge is 2.17. The molecule has 0 atom stereocenters. The van der Waals surface area contributed by atoms with Crippen molar-refractivity contribution in [3.63, 3.8) is 0 Å². The molecule has 0 spiro atoms. The molecule has 24 heavy (non-hydrogen) atoms. The fourth-order valence-electron chi connectivity index (χ4n) is 2.62. The zero-order valence-corrected chi connectivity index (χ0v) is 14.3. The molecule has 0 aliphatic rings. The molecule has 1 aromatic heterocycles. The lowest BCUT2D eigenvalue weighted by Gasteiger charge is -2.06. The van der Waals surface area contributed by atoms with Crippen LogP contribution < -0.4 is 5.32 Å². The maximum Gasteiger partial charge on any atom is 0.278 e. The van der Waals surface area contributed by atoms with Gasteiger partial charge in [0.05, 0.1) is 11.4 Å². The number of aryl methyl sites for hydroxylation is 4. The topological polar surface area (TPSA) is 59.8 Å². The van der Waals surface area contributed by atoms with Crippen molar-refractivity contribution < 1.29 is 4.79 Å². The molecule has 0 aliphatic heterocycles. The average Bonchev–Trinajstić information content (AvgIpc) is 2.91. The average molecular weight is 320 g/mol. The lowest BCUT2D eigenvalue weighted by molar-refractivity contribution is 0.102. The minimum Gasteiger partial charge on any atom is -0.320 e. The molecule has 0 aliphatic carbocycles. The third-order valence-electron chi connectivity index (χ3n) is 3.96. The molecule has 5 nitrogen and oxygen atoms in total. The van der Waals surface area contributed by atoms with E-state index in [2.05, 4.69) is 21.6 Å². The Kier molecular flexibility index (Phi) is 4.16. The van der Waals surface area contributed by atoms with Crippen LogP contribution >= 0.6 is 0 Å². The van der Waals surface area contributed by atoms with E-state index in [1.165, 1.54) is 10.4 Å². The summed E-state index contributed by atoms with van der Waals surface area (Å²) in [6.07, 6.45) is 0. The molecule has 3 aromatic rings. The van der Waals surface area contributed by atoms with Crippen molar-refractivity contribution in [2.75, 3.05) is 5.32 Å². The first kappa shape index (κ1) is 15.9. The molecule has 0 saturated heterocycles. The number of benzene rings is 2. The number of rotatable bonds is 3. The number of aromatic nitrogens is 3. The van der Waals surface area contributed by atoms with E-state index in [-0.39, 0.29) is 5.91 Å². The minimum absolute atomic E-state index is 0.252. The van der Waals surface area contributed by atoms with Gasteiger partial charge >= 0.3 is 0 Å². The van der Waals surface area contributed by atoms with Crippen molar-refractivity contribution in [2.24, 2.45) is 0 Å². The number of hydrogen-bond donors (Lipinski definition) is 1. The molecule has 2 aromatic carbocycles. The van der Waals surface area contributed by atoms with E-state index in [9.17, 15) is 4.79 Å². The van der Waals surface area contributed by atoms with Crippen molar-refractivity contribution in [3.05, 3.63) is 70.5 Å². The summed E-state index contributed by atoms with van der Waals surface area (Å²) in [6.45, 7) is 7.79. The Labute approximate surface area is 141 Å². The van der Waals surface area contributed by atoms with Gasteiger partial charge in [-0.05, 0) is 51.0 Å². The summed E-state index contributed by atoms with van der Waals surface area (Å²) in [6, 6.07) is 13.7. The first-order valence-corrected chi connectivity index (χ1v) is 7.84. The van der Waals surface area contributed by atoms with Crippen molar-refractivity contribution in [1.29, 1.82) is 0 Å². The van der Waals surface area contributed by atoms with Crippen LogP contribution in [-0.4, -0.2) is 20.9 Å². The second kappa shape index (κ2) is 6.28. The molecular formula is C19H20N4O. The maximum atomic E-state index is 12.5. The smallest absolute Gasteiger partial charge is 0.278 e. The van der Waals surface area contributed by atoms with Gasteiger partial charge in [-0.1, -0.05) is 35.9 Å². The molecule has 0 fully saturated rings. The largest absolute Gasteiger partial charge is 0.320 e. The van der Waals surface area contributed by atoms with Crippen LogP contribution in [0.5, 0.6) is 0 Å². The summed E-state index contributed by atoms with van der Waals surface area (Å²) in [5.41, 5.74) is 5.83. The summed E-state index contributed by atoms with van der Waals surface area (Å²) >= 11 is 0. The van der Waals surface area contributed by atoms with Crippen molar-refractivity contribution in [2.45, 2.75) is 27.7 Å². The third kappa shape index (κ3) is 3.06. The van der Waals surface area contributed by atoms with Gasteiger partial charge < -0.3 is 5.32 Å². The van der Waals surface area contributed by atoms with E-state index in [0.717, 1.165) is 22.5 Å². The Morgan fingerprint density at radius 3 is 2.42 bits per heavy atom. The van der Waals surface area contributed by atoms with Crippen molar-refractivity contribution in [3.8, 4) is 5.69 Å². The molecule has 0 saturated carbocycles. The number of hydrogen-bond acceptors (Lipinski definition) is 3. The first-order valence-electron chi connectivity index (χ1n) is 7.84. The standard InChI is InChI=1S/C19H20N4O/c1-12-9-10-17(14(3)11-12)23-21-15(4)18(22-23)19(24)20-16-8-6-5-7-13(16)2/h5-11H,1-4H3,(H,20,24). The monoisotopic (exact) mass is 320 g/mol. The van der Waals surface area contributed by atoms with Gasteiger partial charge in [-0.2, -0.15) is 9.90 Å². The highest BCUT2D eigenvalue weighted by Crippen LogP contribution is 2.17. The van der Waals surface area contributed by atoms with Crippen LogP contribution in [0.1, 0.15) is 32.9 Å². The number of para-hydroxylation sites is 1. The molecule has 1 heterocycles. The number of nitrogens with one attached hydrogen (secondary N) is 1. The summed E-state index contributed by atoms with van der Waals surface area (Å²) in [4.78, 5) is 14.1. The number of amides is 1. The van der Waals surface area contributed by atoms with Crippen molar-refractivity contribution >= 4 is 11.6 Å². The van der Waals surface area contributed by atoms with Gasteiger partial charge in [0.2, 0.25) is 0 Å². The Balaban J connectivity index is 1.91. The van der Waals surface area contributed by atoms with Crippen LogP contribution in [0.15, 0.2) is 42.5 Å². The predicted molar refractivity (Wildman–Crippen MR) is 94.7 cm³/mol. The Morgan fingerprint density at radius 2 is 1.71 bits per heavy atom. The van der Waals surface area contributed by atoms with Gasteiger partial charge in [0, 0.05) is 5.69 Å². The van der Waals surface area contributed by atoms with Crippen LogP contribution in [0.3, 0.4) is 0 Å². The molecule has 122 valence electrons. The summed E-state index contributed by atoms with van der Waals surface area (Å²) in [5, 5.41) is 11.7. The maximum absolute atomic E-state index is 12.5. The molecule has 1 N–H and O–H groups in total. The van der Waals surface area contributed by atoms with Crippen LogP contribution in [-0.2, 0) is 0 Å². The van der Waals surface area contributed by atoms with Gasteiger partial charge in [-0.15, -0.1) is 5.10 Å². The number of carbonyl (C=O) groups is 1. The van der Waals surface area contributed by atoms with E-state index in [0.29, 0.717) is 11.4 Å². The first-order chi connectivity index (χ1) is 11.5. The van der Waals surface area contributed by atoms with E-state index < -0.39 is 0 Å². The summed E-state index contributed by atoms with van der Waals surface area (Å²) < 4.78 is 0. The van der Waals surface area contributed by atoms with E-state index in [4.69, 9.17) is 0 Å². The second-order valence-corrected chi connectivity index (χ2v) is 5.98. The van der Waals surface area contributed by atoms with Crippen LogP contribution in [0.2, 0.25) is 0 Å². The molecular weight excluding hydrogens is 300 g/mol. The third-order valence-corrected chi connectivity index (χ3v) is 3.96. The summed E-state index contributed by atoms with van der Waals surface area (Å²) in [5.74, 6) is -0.252. The van der Waals surface area contributed by atoms with Gasteiger partial charge in [0.1, 0.15) is 0 Å².